The van der Waals surface area contributed by atoms with Crippen LogP contribution in [0.3, 0.4) is 0 Å². The van der Waals surface area contributed by atoms with Crippen LogP contribution in [0.1, 0.15) is 107 Å². The van der Waals surface area contributed by atoms with Crippen molar-refractivity contribution in [1.82, 2.24) is 50.8 Å². The van der Waals surface area contributed by atoms with Crippen LogP contribution in [0.4, 0.5) is 17.5 Å². The van der Waals surface area contributed by atoms with Crippen LogP contribution in [-0.4, -0.2) is 137 Å². The van der Waals surface area contributed by atoms with Gasteiger partial charge in [0.15, 0.2) is 5.82 Å². The summed E-state index contributed by atoms with van der Waals surface area (Å²) in [5.74, 6) is 0.688. The van der Waals surface area contributed by atoms with E-state index < -0.39 is 23.6 Å². The Hall–Kier alpha value is -6.66. The molecule has 7 N–H and O–H groups in total. The molecule has 4 aliphatic heterocycles. The number of para-hydroxylation sites is 1. The number of nitrogens with zero attached hydrogens (tertiary/aromatic N) is 9. The lowest BCUT2D eigenvalue weighted by atomic mass is 9.81. The molecule has 5 aromatic rings. The SMILES string of the molecule is Cc1n[nH]c(C)c1-c1ccc(CNC(=O)[C@@H]2C[C@@H](O)CN2C(=O)[C@@H](NC(=O)C2CCC(N3CCC(c4cnc(N5C6CCC5CN(c5cc(-c7ccccc7O)nnc5N)C6)nc4)CC3)CC2)C(C)(C)C)cc1. The molecule has 2 aromatic carbocycles. The third kappa shape index (κ3) is 10.5. The molecule has 3 aromatic heterocycles. The molecule has 5 atom stereocenters. The number of hydrogen-bond donors (Lipinski definition) is 6. The van der Waals surface area contributed by atoms with Crippen molar-refractivity contribution in [2.45, 2.75) is 141 Å². The Morgan fingerprint density at radius 2 is 1.52 bits per heavy atom. The molecule has 18 nitrogen and oxygen atoms in total. The number of anilines is 3. The number of H-pyrrole nitrogens is 1. The van der Waals surface area contributed by atoms with Gasteiger partial charge in [-0.05, 0) is 125 Å². The minimum Gasteiger partial charge on any atom is -0.507 e. The summed E-state index contributed by atoms with van der Waals surface area (Å²) in [5, 5.41) is 43.2. The van der Waals surface area contributed by atoms with Gasteiger partial charge in [0.1, 0.15) is 17.8 Å². The first-order chi connectivity index (χ1) is 35.1. The van der Waals surface area contributed by atoms with Crippen LogP contribution in [0.2, 0.25) is 0 Å². The lowest BCUT2D eigenvalue weighted by Gasteiger charge is -2.42. The fourth-order valence-corrected chi connectivity index (χ4v) is 12.3. The summed E-state index contributed by atoms with van der Waals surface area (Å²) < 4.78 is 0. The largest absolute Gasteiger partial charge is 0.507 e. The van der Waals surface area contributed by atoms with Gasteiger partial charge in [-0.3, -0.25) is 19.5 Å². The highest BCUT2D eigenvalue weighted by molar-refractivity contribution is 5.93. The molecule has 4 saturated heterocycles. The van der Waals surface area contributed by atoms with Crippen molar-refractivity contribution in [2.24, 2.45) is 11.3 Å². The molecular formula is C55H71N13O5. The van der Waals surface area contributed by atoms with Crippen molar-refractivity contribution in [3.8, 4) is 28.1 Å². The van der Waals surface area contributed by atoms with Crippen LogP contribution in [0.5, 0.6) is 5.75 Å². The van der Waals surface area contributed by atoms with E-state index in [1.807, 2.05) is 89.5 Å². The first kappa shape index (κ1) is 49.9. The molecule has 0 radical (unpaired) electrons. The van der Waals surface area contributed by atoms with Gasteiger partial charge in [0.2, 0.25) is 23.7 Å². The number of likely N-dealkylation sites (tertiary alicyclic amines) is 2. The zero-order chi connectivity index (χ0) is 51.1. The number of aromatic hydroxyl groups is 1. The molecule has 2 bridgehead atoms. The number of aromatic nitrogens is 6. The molecule has 2 unspecified atom stereocenters. The summed E-state index contributed by atoms with van der Waals surface area (Å²) in [6.07, 6.45) is 10.8. The van der Waals surface area contributed by atoms with Crippen molar-refractivity contribution in [3.05, 3.63) is 89.5 Å². The van der Waals surface area contributed by atoms with Crippen molar-refractivity contribution in [1.29, 1.82) is 0 Å². The Bertz CT molecular complexity index is 2750. The molecular weight excluding hydrogens is 923 g/mol. The number of piperazine rings is 1. The Morgan fingerprint density at radius 3 is 2.16 bits per heavy atom. The van der Waals surface area contributed by atoms with Crippen LogP contribution < -0.4 is 26.2 Å². The van der Waals surface area contributed by atoms with Gasteiger partial charge in [0.25, 0.3) is 0 Å². The number of aromatic amines is 1. The lowest BCUT2D eigenvalue weighted by molar-refractivity contribution is -0.144. The Morgan fingerprint density at radius 1 is 0.849 bits per heavy atom. The van der Waals surface area contributed by atoms with E-state index in [0.29, 0.717) is 29.0 Å². The fourth-order valence-electron chi connectivity index (χ4n) is 12.3. The number of amides is 3. The van der Waals surface area contributed by atoms with Gasteiger partial charge in [-0.25, -0.2) is 9.97 Å². The van der Waals surface area contributed by atoms with Gasteiger partial charge in [-0.2, -0.15) is 5.10 Å². The number of aryl methyl sites for hydroxylation is 2. The molecule has 386 valence electrons. The van der Waals surface area contributed by atoms with E-state index in [-0.39, 0.29) is 61.0 Å². The number of aliphatic hydroxyl groups excluding tert-OH is 1. The molecule has 0 spiro atoms. The quantitative estimate of drug-likeness (QED) is 0.0889. The van der Waals surface area contributed by atoms with Gasteiger partial charge in [-0.1, -0.05) is 57.2 Å². The smallest absolute Gasteiger partial charge is 0.246 e. The van der Waals surface area contributed by atoms with Crippen LogP contribution in [0.15, 0.2) is 67.0 Å². The van der Waals surface area contributed by atoms with Gasteiger partial charge < -0.3 is 46.2 Å². The van der Waals surface area contributed by atoms with Crippen LogP contribution in [0, 0.1) is 25.2 Å². The van der Waals surface area contributed by atoms with E-state index in [4.69, 9.17) is 15.7 Å². The third-order valence-corrected chi connectivity index (χ3v) is 16.4. The molecule has 1 saturated carbocycles. The van der Waals surface area contributed by atoms with E-state index >= 15 is 0 Å². The maximum atomic E-state index is 14.4. The maximum absolute atomic E-state index is 14.4. The fraction of sp³-hybridized carbons (Fsp3) is 0.527. The molecule has 10 rings (SSSR count). The summed E-state index contributed by atoms with van der Waals surface area (Å²) in [6, 6.07) is 16.2. The van der Waals surface area contributed by atoms with Crippen molar-refractivity contribution < 1.29 is 24.6 Å². The Kier molecular flexibility index (Phi) is 14.1. The number of nitrogen functional groups attached to an aromatic ring is 1. The van der Waals surface area contributed by atoms with Gasteiger partial charge in [0.05, 0.1) is 23.2 Å². The number of nitrogens with two attached hydrogens (primary N) is 1. The second kappa shape index (κ2) is 20.7. The zero-order valence-corrected chi connectivity index (χ0v) is 42.8. The maximum Gasteiger partial charge on any atom is 0.246 e. The monoisotopic (exact) mass is 994 g/mol. The minimum absolute atomic E-state index is 0.0325. The molecule has 5 aliphatic rings. The van der Waals surface area contributed by atoms with E-state index in [1.165, 1.54) is 10.5 Å². The number of phenolic OH excluding ortho intramolecular Hbond substituents is 1. The van der Waals surface area contributed by atoms with Crippen LogP contribution >= 0.6 is 0 Å². The first-order valence-corrected chi connectivity index (χ1v) is 26.3. The number of nitrogens with one attached hydrogen (secondary N) is 3. The minimum atomic E-state index is -0.861. The van der Waals surface area contributed by atoms with E-state index in [1.54, 1.807) is 12.1 Å². The van der Waals surface area contributed by atoms with Crippen molar-refractivity contribution >= 4 is 35.2 Å². The number of β-amino-alcohol motifs (C(OH)–C–C–N with tert-alkyl or cyclic N) is 1. The number of carbonyl (C=O) groups is 3. The predicted molar refractivity (Wildman–Crippen MR) is 279 cm³/mol. The summed E-state index contributed by atoms with van der Waals surface area (Å²) in [4.78, 5) is 60.7. The number of fused-ring (bicyclic) bond motifs is 2. The van der Waals surface area contributed by atoms with E-state index in [0.717, 1.165) is 117 Å². The van der Waals surface area contributed by atoms with Crippen LogP contribution in [0.25, 0.3) is 22.4 Å². The number of carbonyl (C=O) groups excluding carboxylic acids is 3. The number of piperidine rings is 1. The molecule has 18 heteroatoms. The zero-order valence-electron chi connectivity index (χ0n) is 42.8. The number of phenols is 1. The molecule has 73 heavy (non-hydrogen) atoms. The van der Waals surface area contributed by atoms with Gasteiger partial charge >= 0.3 is 0 Å². The molecule has 3 amide bonds. The molecule has 1 aliphatic carbocycles. The highest BCUT2D eigenvalue weighted by Crippen LogP contribution is 2.40. The Balaban J connectivity index is 0.686. The number of hydrogen-bond acceptors (Lipinski definition) is 14. The van der Waals surface area contributed by atoms with E-state index in [9.17, 15) is 24.6 Å². The standard InChI is InChI=1S/C55H71N13O5/c1-32-48(33(2)62-61-32)36-12-10-34(11-13-36)26-57-52(72)46-24-42(69)31-67(46)53(73)49(55(3,4)5)60-51(71)37-14-16-39(17-15-37)65-22-20-35(21-23-65)38-27-58-54(59-28-38)68-40-18-19-41(68)30-66(29-40)45-25-44(63-64-50(45)56)43-8-6-7-9-47(43)70/h6-13,25,27-28,35,37,39-42,46,49,69-70H,14-24,26,29-31H2,1-5H3,(H2,56,64)(H,57,72)(H,60,71)(H,61,62)/t37?,39?,40?,41?,42-,46+,49-/m1/s1. The second-order valence-corrected chi connectivity index (χ2v) is 22.3. The van der Waals surface area contributed by atoms with E-state index in [2.05, 4.69) is 45.7 Å². The normalized spacial score (nSPS) is 24.2. The van der Waals surface area contributed by atoms with Crippen LogP contribution in [-0.2, 0) is 20.9 Å². The predicted octanol–water partition coefficient (Wildman–Crippen LogP) is 5.63. The average Bonchev–Trinajstić information content (AvgIpc) is 4.04. The molecule has 7 heterocycles. The summed E-state index contributed by atoms with van der Waals surface area (Å²) in [7, 11) is 0. The van der Waals surface area contributed by atoms with Crippen molar-refractivity contribution in [3.63, 3.8) is 0 Å². The first-order valence-electron chi connectivity index (χ1n) is 26.3. The summed E-state index contributed by atoms with van der Waals surface area (Å²) in [6.45, 7) is 13.5. The summed E-state index contributed by atoms with van der Waals surface area (Å²) in [5.41, 5.74) is 13.9. The van der Waals surface area contributed by atoms with Gasteiger partial charge in [-0.15, -0.1) is 10.2 Å². The molecule has 5 fully saturated rings. The number of benzene rings is 2. The van der Waals surface area contributed by atoms with Crippen molar-refractivity contribution in [2.75, 3.05) is 48.3 Å². The third-order valence-electron chi connectivity index (χ3n) is 16.4. The van der Waals surface area contributed by atoms with Gasteiger partial charge in [0, 0.05) is 85.9 Å². The Labute approximate surface area is 427 Å². The summed E-state index contributed by atoms with van der Waals surface area (Å²) >= 11 is 0. The number of aliphatic hydroxyl groups is 1. The lowest BCUT2D eigenvalue weighted by Crippen LogP contribution is -2.58. The highest BCUT2D eigenvalue weighted by atomic mass is 16.3. The topological polar surface area (TPSA) is 235 Å². The second-order valence-electron chi connectivity index (χ2n) is 22.3. The number of rotatable bonds is 12. The highest BCUT2D eigenvalue weighted by Gasteiger charge is 2.46. The average molecular weight is 994 g/mol.